The fourth-order valence-corrected chi connectivity index (χ4v) is 2.09. The quantitative estimate of drug-likeness (QED) is 0.828. The van der Waals surface area contributed by atoms with Crippen LogP contribution in [0.5, 0.6) is 0 Å². The van der Waals surface area contributed by atoms with Crippen molar-refractivity contribution in [3.8, 4) is 6.07 Å². The highest BCUT2D eigenvalue weighted by atomic mass is 16.5. The first-order valence-corrected chi connectivity index (χ1v) is 6.68. The maximum Gasteiger partial charge on any atom is 0.320 e. The molecule has 1 fully saturated rings. The van der Waals surface area contributed by atoms with E-state index in [9.17, 15) is 4.79 Å². The summed E-state index contributed by atoms with van der Waals surface area (Å²) in [4.78, 5) is 20.0. The van der Waals surface area contributed by atoms with Crippen LogP contribution in [-0.2, 0) is 11.3 Å². The first-order chi connectivity index (χ1) is 9.81. The molecular weight excluding hydrogens is 256 g/mol. The van der Waals surface area contributed by atoms with Gasteiger partial charge in [-0.1, -0.05) is 6.07 Å². The van der Waals surface area contributed by atoms with Crippen molar-refractivity contribution in [2.45, 2.75) is 13.0 Å². The van der Waals surface area contributed by atoms with Crippen LogP contribution in [0.1, 0.15) is 12.0 Å². The third-order valence-corrected chi connectivity index (χ3v) is 3.14. The molecule has 1 aliphatic heterocycles. The van der Waals surface area contributed by atoms with E-state index in [-0.39, 0.29) is 6.03 Å². The van der Waals surface area contributed by atoms with E-state index in [2.05, 4.69) is 11.1 Å². The summed E-state index contributed by atoms with van der Waals surface area (Å²) in [7, 11) is 0. The Hall–Kier alpha value is -2.13. The molecule has 106 valence electrons. The van der Waals surface area contributed by atoms with Gasteiger partial charge in [-0.3, -0.25) is 4.98 Å². The summed E-state index contributed by atoms with van der Waals surface area (Å²) in [6, 6.07) is 5.83. The molecule has 0 bridgehead atoms. The minimum Gasteiger partial charge on any atom is -0.378 e. The van der Waals surface area contributed by atoms with Crippen molar-refractivity contribution < 1.29 is 9.53 Å². The molecule has 6 heteroatoms. The zero-order chi connectivity index (χ0) is 14.2. The van der Waals surface area contributed by atoms with Crippen LogP contribution in [0, 0.1) is 11.3 Å². The summed E-state index contributed by atoms with van der Waals surface area (Å²) >= 11 is 0. The zero-order valence-corrected chi connectivity index (χ0v) is 11.4. The van der Waals surface area contributed by atoms with Gasteiger partial charge in [0.15, 0.2) is 0 Å². The van der Waals surface area contributed by atoms with Gasteiger partial charge in [0, 0.05) is 38.6 Å². The smallest absolute Gasteiger partial charge is 0.320 e. The number of amides is 2. The van der Waals surface area contributed by atoms with Gasteiger partial charge in [-0.2, -0.15) is 5.26 Å². The molecule has 20 heavy (non-hydrogen) atoms. The highest BCUT2D eigenvalue weighted by Crippen LogP contribution is 2.09. The molecule has 0 aromatic carbocycles. The van der Waals surface area contributed by atoms with Gasteiger partial charge in [0.2, 0.25) is 0 Å². The Balaban J connectivity index is 2.02. The standard InChI is InChI=1S/C14H18N4O2/c15-4-2-6-18(12-13-3-1-5-16-11-13)14(19)17-7-9-20-10-8-17/h1,3,5,11H,2,6-10,12H2. The first kappa shape index (κ1) is 14.3. The molecule has 0 unspecified atom stereocenters. The van der Waals surface area contributed by atoms with Crippen molar-refractivity contribution in [1.29, 1.82) is 5.26 Å². The molecule has 0 atom stereocenters. The lowest BCUT2D eigenvalue weighted by atomic mass is 10.2. The first-order valence-electron chi connectivity index (χ1n) is 6.68. The summed E-state index contributed by atoms with van der Waals surface area (Å²) < 4.78 is 5.25. The van der Waals surface area contributed by atoms with E-state index in [1.54, 1.807) is 22.2 Å². The number of ether oxygens (including phenoxy) is 1. The topological polar surface area (TPSA) is 69.5 Å². The molecule has 0 radical (unpaired) electrons. The molecule has 1 aromatic heterocycles. The largest absolute Gasteiger partial charge is 0.378 e. The fourth-order valence-electron chi connectivity index (χ4n) is 2.09. The Morgan fingerprint density at radius 3 is 2.95 bits per heavy atom. The van der Waals surface area contributed by atoms with Gasteiger partial charge >= 0.3 is 6.03 Å². The van der Waals surface area contributed by atoms with Gasteiger partial charge in [0.25, 0.3) is 0 Å². The number of urea groups is 1. The predicted molar refractivity (Wildman–Crippen MR) is 72.7 cm³/mol. The van der Waals surface area contributed by atoms with Crippen LogP contribution in [0.3, 0.4) is 0 Å². The Kier molecular flexibility index (Phi) is 5.33. The second-order valence-corrected chi connectivity index (χ2v) is 4.57. The van der Waals surface area contributed by atoms with Crippen molar-refractivity contribution >= 4 is 6.03 Å². The Morgan fingerprint density at radius 2 is 2.30 bits per heavy atom. The molecule has 0 spiro atoms. The van der Waals surface area contributed by atoms with E-state index >= 15 is 0 Å². The Morgan fingerprint density at radius 1 is 1.50 bits per heavy atom. The SMILES string of the molecule is N#CCCN(Cc1cccnc1)C(=O)N1CCOCC1. The third-order valence-electron chi connectivity index (χ3n) is 3.14. The van der Waals surface area contributed by atoms with Gasteiger partial charge < -0.3 is 14.5 Å². The van der Waals surface area contributed by atoms with E-state index in [1.165, 1.54) is 0 Å². The number of rotatable bonds is 4. The number of pyridine rings is 1. The monoisotopic (exact) mass is 274 g/mol. The van der Waals surface area contributed by atoms with Gasteiger partial charge in [-0.15, -0.1) is 0 Å². The van der Waals surface area contributed by atoms with Crippen LogP contribution in [0.2, 0.25) is 0 Å². The lowest BCUT2D eigenvalue weighted by Gasteiger charge is -2.32. The highest BCUT2D eigenvalue weighted by molar-refractivity contribution is 5.74. The molecule has 2 heterocycles. The number of hydrogen-bond donors (Lipinski definition) is 0. The summed E-state index contributed by atoms with van der Waals surface area (Å²) in [6.45, 7) is 3.27. The molecule has 2 rings (SSSR count). The molecule has 0 saturated carbocycles. The molecule has 0 N–H and O–H groups in total. The van der Waals surface area contributed by atoms with Crippen molar-refractivity contribution in [2.75, 3.05) is 32.8 Å². The molecule has 1 aliphatic rings. The van der Waals surface area contributed by atoms with Crippen LogP contribution in [-0.4, -0.2) is 53.7 Å². The van der Waals surface area contributed by atoms with Gasteiger partial charge in [0.1, 0.15) is 0 Å². The third kappa shape index (κ3) is 3.93. The molecule has 6 nitrogen and oxygen atoms in total. The van der Waals surface area contributed by atoms with Crippen molar-refractivity contribution in [3.05, 3.63) is 30.1 Å². The molecule has 2 amide bonds. The second-order valence-electron chi connectivity index (χ2n) is 4.57. The lowest BCUT2D eigenvalue weighted by Crippen LogP contribution is -2.48. The van der Waals surface area contributed by atoms with Crippen LogP contribution >= 0.6 is 0 Å². The predicted octanol–water partition coefficient (Wildman–Crippen LogP) is 1.25. The average molecular weight is 274 g/mol. The van der Waals surface area contributed by atoms with Crippen molar-refractivity contribution in [3.63, 3.8) is 0 Å². The van der Waals surface area contributed by atoms with E-state index in [1.807, 2.05) is 12.1 Å². The summed E-state index contributed by atoms with van der Waals surface area (Å²) in [6.07, 6.45) is 3.77. The molecule has 1 saturated heterocycles. The molecular formula is C14H18N4O2. The minimum atomic E-state index is -0.0348. The highest BCUT2D eigenvalue weighted by Gasteiger charge is 2.22. The summed E-state index contributed by atoms with van der Waals surface area (Å²) in [5.41, 5.74) is 0.965. The van der Waals surface area contributed by atoms with E-state index in [0.29, 0.717) is 45.8 Å². The zero-order valence-electron chi connectivity index (χ0n) is 11.4. The number of carbonyl (C=O) groups is 1. The number of hydrogen-bond acceptors (Lipinski definition) is 4. The Bertz CT molecular complexity index is 466. The lowest BCUT2D eigenvalue weighted by molar-refractivity contribution is 0.0428. The van der Waals surface area contributed by atoms with E-state index in [0.717, 1.165) is 5.56 Å². The number of morpholine rings is 1. The number of nitrogens with zero attached hydrogens (tertiary/aromatic N) is 4. The van der Waals surface area contributed by atoms with Crippen LogP contribution < -0.4 is 0 Å². The van der Waals surface area contributed by atoms with Crippen LogP contribution in [0.25, 0.3) is 0 Å². The van der Waals surface area contributed by atoms with Gasteiger partial charge in [-0.05, 0) is 11.6 Å². The summed E-state index contributed by atoms with van der Waals surface area (Å²) in [5, 5.41) is 8.74. The number of carbonyl (C=O) groups excluding carboxylic acids is 1. The van der Waals surface area contributed by atoms with E-state index < -0.39 is 0 Å². The normalized spacial score (nSPS) is 14.7. The van der Waals surface area contributed by atoms with Gasteiger partial charge in [0.05, 0.1) is 25.7 Å². The summed E-state index contributed by atoms with van der Waals surface area (Å²) in [5.74, 6) is 0. The molecule has 0 aliphatic carbocycles. The average Bonchev–Trinajstić information content (AvgIpc) is 2.52. The maximum atomic E-state index is 12.5. The second kappa shape index (κ2) is 7.46. The van der Waals surface area contributed by atoms with Crippen molar-refractivity contribution in [2.24, 2.45) is 0 Å². The Labute approximate surface area is 118 Å². The number of nitriles is 1. The van der Waals surface area contributed by atoms with E-state index in [4.69, 9.17) is 10.00 Å². The maximum absolute atomic E-state index is 12.5. The molecule has 1 aromatic rings. The fraction of sp³-hybridized carbons (Fsp3) is 0.500. The van der Waals surface area contributed by atoms with Crippen molar-refractivity contribution in [1.82, 2.24) is 14.8 Å². The number of aromatic nitrogens is 1. The minimum absolute atomic E-state index is 0.0348. The van der Waals surface area contributed by atoms with Crippen LogP contribution in [0.15, 0.2) is 24.5 Å². The van der Waals surface area contributed by atoms with Crippen LogP contribution in [0.4, 0.5) is 4.79 Å². The van der Waals surface area contributed by atoms with Gasteiger partial charge in [-0.25, -0.2) is 4.79 Å².